The molecule has 0 aliphatic heterocycles. The number of methoxy groups -OCH3 is 2. The molecule has 0 bridgehead atoms. The van der Waals surface area contributed by atoms with Gasteiger partial charge in [0.2, 0.25) is 0 Å². The van der Waals surface area contributed by atoms with Crippen molar-refractivity contribution in [3.8, 4) is 17.6 Å². The van der Waals surface area contributed by atoms with Crippen molar-refractivity contribution in [3.05, 3.63) is 52.8 Å². The normalized spacial score (nSPS) is 12.4. The molecule has 5 nitrogen and oxygen atoms in total. The smallest absolute Gasteiger partial charge is 0.125 e. The van der Waals surface area contributed by atoms with Crippen LogP contribution >= 0.6 is 0 Å². The summed E-state index contributed by atoms with van der Waals surface area (Å²) in [6, 6.07) is 11.2. The minimum Gasteiger partial charge on any atom is -0.496 e. The van der Waals surface area contributed by atoms with Crippen molar-refractivity contribution >= 4 is 6.21 Å². The van der Waals surface area contributed by atoms with Gasteiger partial charge in [-0.25, -0.2) is 0 Å². The fraction of sp³-hybridized carbons (Fsp3) is 0.350. The van der Waals surface area contributed by atoms with Gasteiger partial charge < -0.3 is 14.9 Å². The van der Waals surface area contributed by atoms with Crippen molar-refractivity contribution in [1.82, 2.24) is 4.98 Å². The number of benzene rings is 1. The van der Waals surface area contributed by atoms with Crippen molar-refractivity contribution in [2.75, 3.05) is 14.2 Å². The molecule has 1 aromatic heterocycles. The van der Waals surface area contributed by atoms with Crippen LogP contribution in [0.25, 0.3) is 0 Å². The Hall–Kier alpha value is -2.87. The maximum Gasteiger partial charge on any atom is 0.125 e. The highest BCUT2D eigenvalue weighted by Gasteiger charge is 2.24. The van der Waals surface area contributed by atoms with Crippen LogP contribution in [-0.2, 0) is 6.42 Å². The number of hydrogen-bond donors (Lipinski definition) is 1. The predicted molar refractivity (Wildman–Crippen MR) is 97.5 cm³/mol. The molecule has 3 rings (SSSR count). The van der Waals surface area contributed by atoms with Crippen molar-refractivity contribution in [2.45, 2.75) is 26.2 Å². The van der Waals surface area contributed by atoms with Gasteiger partial charge in [-0.05, 0) is 56.4 Å². The Bertz CT molecular complexity index is 755. The number of pyridine rings is 1. The summed E-state index contributed by atoms with van der Waals surface area (Å²) in [4.78, 5) is 4.01. The lowest BCUT2D eigenvalue weighted by atomic mass is 10.1. The zero-order valence-corrected chi connectivity index (χ0v) is 14.9. The van der Waals surface area contributed by atoms with Gasteiger partial charge in [-0.15, -0.1) is 0 Å². The molecule has 1 aromatic carbocycles. The molecule has 25 heavy (non-hydrogen) atoms. The number of nitriles is 1. The summed E-state index contributed by atoms with van der Waals surface area (Å²) in [6.45, 7) is 1.80. The fourth-order valence-electron chi connectivity index (χ4n) is 2.57. The van der Waals surface area contributed by atoms with E-state index in [1.165, 1.54) is 18.4 Å². The zero-order chi connectivity index (χ0) is 18.2. The molecule has 0 saturated heterocycles. The van der Waals surface area contributed by atoms with Crippen LogP contribution in [0, 0.1) is 29.6 Å². The van der Waals surface area contributed by atoms with Crippen LogP contribution < -0.4 is 9.47 Å². The Labute approximate surface area is 148 Å². The molecule has 1 saturated carbocycles. The molecule has 0 amide bonds. The first kappa shape index (κ1) is 18.5. The van der Waals surface area contributed by atoms with Gasteiger partial charge in [0.1, 0.15) is 11.5 Å². The van der Waals surface area contributed by atoms with Crippen molar-refractivity contribution in [3.63, 3.8) is 0 Å². The lowest BCUT2D eigenvalue weighted by Crippen LogP contribution is -1.97. The third kappa shape index (κ3) is 5.32. The van der Waals surface area contributed by atoms with E-state index in [0.717, 1.165) is 35.7 Å². The van der Waals surface area contributed by atoms with E-state index >= 15 is 0 Å². The van der Waals surface area contributed by atoms with Gasteiger partial charge >= 0.3 is 0 Å². The van der Waals surface area contributed by atoms with Gasteiger partial charge in [-0.1, -0.05) is 6.07 Å². The highest BCUT2D eigenvalue weighted by Crippen LogP contribution is 2.38. The summed E-state index contributed by atoms with van der Waals surface area (Å²) in [7, 11) is 3.43. The monoisotopic (exact) mass is 337 g/mol. The van der Waals surface area contributed by atoms with E-state index < -0.39 is 0 Å². The van der Waals surface area contributed by atoms with Crippen LogP contribution in [0.3, 0.4) is 0 Å². The average Bonchev–Trinajstić information content (AvgIpc) is 3.45. The summed E-state index contributed by atoms with van der Waals surface area (Å²) in [5.41, 5.74) is 3.07. The molecule has 5 heteroatoms. The van der Waals surface area contributed by atoms with E-state index in [2.05, 4.69) is 4.98 Å². The molecular formula is C20H23N3O2. The molecular weight excluding hydrogens is 314 g/mol. The SMILES string of the molecule is COc1cccc(OC)c1CC1CC1.Cc1cc(C#N)cc(C=N)n1. The minimum atomic E-state index is 0.529. The summed E-state index contributed by atoms with van der Waals surface area (Å²) in [5, 5.41) is 15.4. The maximum atomic E-state index is 8.53. The van der Waals surface area contributed by atoms with Crippen molar-refractivity contribution in [1.29, 1.82) is 10.7 Å². The van der Waals surface area contributed by atoms with Crippen LogP contribution in [0.1, 0.15) is 35.4 Å². The Morgan fingerprint density at radius 2 is 1.88 bits per heavy atom. The van der Waals surface area contributed by atoms with Crippen LogP contribution in [0.4, 0.5) is 0 Å². The molecule has 0 spiro atoms. The van der Waals surface area contributed by atoms with E-state index in [1.54, 1.807) is 33.3 Å². The first-order chi connectivity index (χ1) is 12.1. The molecule has 0 radical (unpaired) electrons. The van der Waals surface area contributed by atoms with E-state index in [0.29, 0.717) is 11.3 Å². The number of aryl methyl sites for hydroxylation is 1. The average molecular weight is 337 g/mol. The number of hydrogen-bond acceptors (Lipinski definition) is 5. The molecule has 130 valence electrons. The van der Waals surface area contributed by atoms with Gasteiger partial charge in [0.25, 0.3) is 0 Å². The zero-order valence-electron chi connectivity index (χ0n) is 14.9. The molecule has 1 aliphatic carbocycles. The van der Waals surface area contributed by atoms with Crippen LogP contribution in [0.15, 0.2) is 30.3 Å². The Morgan fingerprint density at radius 1 is 1.24 bits per heavy atom. The van der Waals surface area contributed by atoms with Gasteiger partial charge in [0, 0.05) is 17.5 Å². The van der Waals surface area contributed by atoms with Crippen LogP contribution in [0.2, 0.25) is 0 Å². The van der Waals surface area contributed by atoms with Crippen molar-refractivity contribution < 1.29 is 9.47 Å². The Balaban J connectivity index is 0.000000186. The highest BCUT2D eigenvalue weighted by molar-refractivity contribution is 5.74. The molecule has 0 atom stereocenters. The maximum absolute atomic E-state index is 8.53. The van der Waals surface area contributed by atoms with Gasteiger partial charge in [0.05, 0.1) is 31.5 Å². The van der Waals surface area contributed by atoms with E-state index in [4.69, 9.17) is 20.1 Å². The largest absolute Gasteiger partial charge is 0.496 e. The summed E-state index contributed by atoms with van der Waals surface area (Å²) in [5.74, 6) is 2.76. The van der Waals surface area contributed by atoms with Gasteiger partial charge in [-0.2, -0.15) is 5.26 Å². The summed E-state index contributed by atoms with van der Waals surface area (Å²) >= 11 is 0. The predicted octanol–water partition coefficient (Wildman–Crippen LogP) is 3.92. The van der Waals surface area contributed by atoms with E-state index in [9.17, 15) is 0 Å². The number of nitrogens with zero attached hydrogens (tertiary/aromatic N) is 2. The molecule has 1 heterocycles. The Morgan fingerprint density at radius 3 is 2.36 bits per heavy atom. The lowest BCUT2D eigenvalue weighted by Gasteiger charge is -2.12. The number of aromatic nitrogens is 1. The molecule has 1 fully saturated rings. The van der Waals surface area contributed by atoms with Gasteiger partial charge in [0.15, 0.2) is 0 Å². The van der Waals surface area contributed by atoms with Gasteiger partial charge in [-0.3, -0.25) is 4.98 Å². The third-order valence-corrected chi connectivity index (χ3v) is 3.97. The fourth-order valence-corrected chi connectivity index (χ4v) is 2.57. The Kier molecular flexibility index (Phi) is 6.53. The standard InChI is InChI=1S/C12H16O2.C8H7N3/c1-13-11-4-3-5-12(14-2)10(11)8-9-6-7-9;1-6-2-7(4-9)3-8(5-10)11-6/h3-5,9H,6-8H2,1-2H3;2-3,5,10H,1H3. The van der Waals surface area contributed by atoms with Crippen LogP contribution in [0.5, 0.6) is 11.5 Å². The number of ether oxygens (including phenoxy) is 2. The quantitative estimate of drug-likeness (QED) is 0.839. The minimum absolute atomic E-state index is 0.529. The highest BCUT2D eigenvalue weighted by atomic mass is 16.5. The van der Waals surface area contributed by atoms with Crippen molar-refractivity contribution in [2.24, 2.45) is 5.92 Å². The lowest BCUT2D eigenvalue weighted by molar-refractivity contribution is 0.384. The second kappa shape index (κ2) is 8.84. The van der Waals surface area contributed by atoms with E-state index in [-0.39, 0.29) is 0 Å². The molecule has 1 aliphatic rings. The van der Waals surface area contributed by atoms with Crippen LogP contribution in [-0.4, -0.2) is 25.4 Å². The first-order valence-electron chi connectivity index (χ1n) is 8.20. The molecule has 0 unspecified atom stereocenters. The number of rotatable bonds is 5. The summed E-state index contributed by atoms with van der Waals surface area (Å²) < 4.78 is 10.7. The van der Waals surface area contributed by atoms with E-state index in [1.807, 2.05) is 24.3 Å². The number of nitrogens with one attached hydrogen (secondary N) is 1. The molecule has 1 N–H and O–H groups in total. The second-order valence-corrected chi connectivity index (χ2v) is 5.97. The second-order valence-electron chi connectivity index (χ2n) is 5.97. The first-order valence-corrected chi connectivity index (χ1v) is 8.20. The summed E-state index contributed by atoms with van der Waals surface area (Å²) in [6.07, 6.45) is 4.92. The topological polar surface area (TPSA) is 79.0 Å². The third-order valence-electron chi connectivity index (χ3n) is 3.97. The molecule has 2 aromatic rings.